The Morgan fingerprint density at radius 2 is 1.92 bits per heavy atom. The summed E-state index contributed by atoms with van der Waals surface area (Å²) in [6.45, 7) is 0.104. The summed E-state index contributed by atoms with van der Waals surface area (Å²) >= 11 is 0. The second kappa shape index (κ2) is 7.33. The highest BCUT2D eigenvalue weighted by atomic mass is 19.4. The fourth-order valence-corrected chi connectivity index (χ4v) is 1.88. The molecule has 6 nitrogen and oxygen atoms in total. The van der Waals surface area contributed by atoms with Gasteiger partial charge >= 0.3 is 6.18 Å². The highest BCUT2D eigenvalue weighted by molar-refractivity contribution is 5.76. The number of alkyl halides is 3. The van der Waals surface area contributed by atoms with Crippen LogP contribution in [0.5, 0.6) is 0 Å². The van der Waals surface area contributed by atoms with E-state index in [4.69, 9.17) is 4.52 Å². The Morgan fingerprint density at radius 3 is 2.46 bits per heavy atom. The predicted molar refractivity (Wildman–Crippen MR) is 80.2 cm³/mol. The maximum atomic E-state index is 12.5. The summed E-state index contributed by atoms with van der Waals surface area (Å²) in [7, 11) is 3.52. The zero-order chi connectivity index (χ0) is 17.7. The number of halogens is 3. The van der Waals surface area contributed by atoms with Gasteiger partial charge in [0.1, 0.15) is 0 Å². The molecule has 0 spiro atoms. The van der Waals surface area contributed by atoms with Gasteiger partial charge in [0.05, 0.1) is 12.1 Å². The number of amides is 1. The van der Waals surface area contributed by atoms with Gasteiger partial charge in [0.15, 0.2) is 0 Å². The molecule has 0 aliphatic carbocycles. The second-order valence-electron chi connectivity index (χ2n) is 5.35. The van der Waals surface area contributed by atoms with E-state index < -0.39 is 11.7 Å². The Morgan fingerprint density at radius 1 is 1.25 bits per heavy atom. The molecule has 2 rings (SSSR count). The monoisotopic (exact) mass is 342 g/mol. The van der Waals surface area contributed by atoms with E-state index in [-0.39, 0.29) is 24.8 Å². The van der Waals surface area contributed by atoms with Crippen molar-refractivity contribution in [3.63, 3.8) is 0 Å². The number of aromatic nitrogens is 2. The number of benzene rings is 1. The summed E-state index contributed by atoms with van der Waals surface area (Å²) in [6.07, 6.45) is -3.86. The molecule has 0 aliphatic rings. The molecule has 0 unspecified atom stereocenters. The Kier molecular flexibility index (Phi) is 5.42. The molecule has 0 radical (unpaired) electrons. The summed E-state index contributed by atoms with van der Waals surface area (Å²) in [5.74, 6) is 0.435. The van der Waals surface area contributed by atoms with Gasteiger partial charge in [-0.2, -0.15) is 18.2 Å². The minimum absolute atomic E-state index is 0.104. The molecule has 130 valence electrons. The first-order valence-corrected chi connectivity index (χ1v) is 7.18. The van der Waals surface area contributed by atoms with Gasteiger partial charge in [-0.25, -0.2) is 0 Å². The van der Waals surface area contributed by atoms with Crippen molar-refractivity contribution in [2.24, 2.45) is 0 Å². The molecule has 0 aliphatic heterocycles. The lowest BCUT2D eigenvalue weighted by atomic mass is 10.1. The average Bonchev–Trinajstić information content (AvgIpc) is 3.00. The van der Waals surface area contributed by atoms with Crippen LogP contribution in [-0.4, -0.2) is 30.1 Å². The van der Waals surface area contributed by atoms with Gasteiger partial charge < -0.3 is 14.7 Å². The van der Waals surface area contributed by atoms with Gasteiger partial charge in [0.2, 0.25) is 11.8 Å². The Bertz CT molecular complexity index is 681. The van der Waals surface area contributed by atoms with E-state index in [1.807, 2.05) is 0 Å². The van der Waals surface area contributed by atoms with E-state index in [1.54, 1.807) is 19.0 Å². The van der Waals surface area contributed by atoms with Gasteiger partial charge in [0, 0.05) is 20.5 Å². The van der Waals surface area contributed by atoms with Gasteiger partial charge in [-0.05, 0) is 29.3 Å². The summed E-state index contributed by atoms with van der Waals surface area (Å²) in [6, 6.07) is 4.76. The second-order valence-corrected chi connectivity index (χ2v) is 5.35. The summed E-state index contributed by atoms with van der Waals surface area (Å²) in [5, 5.41) is 6.34. The van der Waals surface area contributed by atoms with Crippen molar-refractivity contribution < 1.29 is 22.5 Å². The molecule has 1 amide bonds. The average molecular weight is 342 g/mol. The lowest BCUT2D eigenvalue weighted by Gasteiger charge is -2.07. The highest BCUT2D eigenvalue weighted by Gasteiger charge is 2.29. The Balaban J connectivity index is 1.78. The SMILES string of the molecule is CN(C)c1noc(CNC(=O)CCc2ccc(C(F)(F)F)cc2)n1. The molecule has 1 aromatic carbocycles. The molecule has 0 saturated heterocycles. The van der Waals surface area contributed by atoms with Crippen LogP contribution in [0.3, 0.4) is 0 Å². The molecule has 1 heterocycles. The molecule has 24 heavy (non-hydrogen) atoms. The molecule has 9 heteroatoms. The molecule has 0 saturated carbocycles. The van der Waals surface area contributed by atoms with Crippen molar-refractivity contribution in [1.29, 1.82) is 0 Å². The topological polar surface area (TPSA) is 71.3 Å². The van der Waals surface area contributed by atoms with Crippen molar-refractivity contribution in [3.05, 3.63) is 41.3 Å². The van der Waals surface area contributed by atoms with E-state index in [1.165, 1.54) is 12.1 Å². The highest BCUT2D eigenvalue weighted by Crippen LogP contribution is 2.29. The van der Waals surface area contributed by atoms with Crippen molar-refractivity contribution >= 4 is 11.9 Å². The molecular weight excluding hydrogens is 325 g/mol. The zero-order valence-corrected chi connectivity index (χ0v) is 13.2. The minimum Gasteiger partial charge on any atom is -0.347 e. The van der Waals surface area contributed by atoms with Crippen LogP contribution in [0.15, 0.2) is 28.8 Å². The first-order valence-electron chi connectivity index (χ1n) is 7.18. The maximum Gasteiger partial charge on any atom is 0.416 e. The molecule has 1 aromatic heterocycles. The van der Waals surface area contributed by atoms with Crippen LogP contribution >= 0.6 is 0 Å². The largest absolute Gasteiger partial charge is 0.416 e. The van der Waals surface area contributed by atoms with Crippen molar-refractivity contribution in [2.75, 3.05) is 19.0 Å². The number of carbonyl (C=O) groups is 1. The van der Waals surface area contributed by atoms with Crippen molar-refractivity contribution in [2.45, 2.75) is 25.6 Å². The summed E-state index contributed by atoms with van der Waals surface area (Å²) in [4.78, 5) is 17.5. The van der Waals surface area contributed by atoms with Crippen LogP contribution in [0.2, 0.25) is 0 Å². The fourth-order valence-electron chi connectivity index (χ4n) is 1.88. The fraction of sp³-hybridized carbons (Fsp3) is 0.400. The third kappa shape index (κ3) is 4.97. The van der Waals surface area contributed by atoms with Gasteiger partial charge in [-0.1, -0.05) is 12.1 Å². The third-order valence-electron chi connectivity index (χ3n) is 3.22. The number of carbonyl (C=O) groups excluding carboxylic acids is 1. The lowest BCUT2D eigenvalue weighted by Crippen LogP contribution is -2.23. The van der Waals surface area contributed by atoms with Gasteiger partial charge in [0.25, 0.3) is 5.95 Å². The lowest BCUT2D eigenvalue weighted by molar-refractivity contribution is -0.137. The van der Waals surface area contributed by atoms with Crippen molar-refractivity contribution in [1.82, 2.24) is 15.5 Å². The maximum absolute atomic E-state index is 12.5. The Hall–Kier alpha value is -2.58. The first kappa shape index (κ1) is 17.8. The minimum atomic E-state index is -4.36. The quantitative estimate of drug-likeness (QED) is 0.873. The Labute approximate surface area is 136 Å². The van der Waals surface area contributed by atoms with Crippen LogP contribution in [0.25, 0.3) is 0 Å². The molecule has 2 aromatic rings. The molecule has 1 N–H and O–H groups in total. The summed E-state index contributed by atoms with van der Waals surface area (Å²) < 4.78 is 42.3. The normalized spacial score (nSPS) is 11.4. The van der Waals surface area contributed by atoms with Crippen LogP contribution in [0.4, 0.5) is 19.1 Å². The van der Waals surface area contributed by atoms with Crippen molar-refractivity contribution in [3.8, 4) is 0 Å². The molecule has 0 atom stereocenters. The van der Waals surface area contributed by atoms with Crippen LogP contribution < -0.4 is 10.2 Å². The van der Waals surface area contributed by atoms with Crippen LogP contribution in [0.1, 0.15) is 23.4 Å². The number of nitrogens with one attached hydrogen (secondary N) is 1. The first-order chi connectivity index (χ1) is 11.3. The zero-order valence-electron chi connectivity index (χ0n) is 13.2. The van der Waals surface area contributed by atoms with E-state index >= 15 is 0 Å². The standard InChI is InChI=1S/C15H17F3N4O2/c1-22(2)14-20-13(24-21-14)9-19-12(23)8-5-10-3-6-11(7-4-10)15(16,17)18/h3-4,6-7H,5,8-9H2,1-2H3,(H,19,23). The summed E-state index contributed by atoms with van der Waals surface area (Å²) in [5.41, 5.74) is -0.0466. The number of nitrogens with zero attached hydrogens (tertiary/aromatic N) is 3. The smallest absolute Gasteiger partial charge is 0.347 e. The number of aryl methyl sites for hydroxylation is 1. The number of anilines is 1. The van der Waals surface area contributed by atoms with Crippen LogP contribution in [-0.2, 0) is 23.9 Å². The third-order valence-corrected chi connectivity index (χ3v) is 3.22. The number of hydrogen-bond donors (Lipinski definition) is 1. The van der Waals surface area contributed by atoms with E-state index in [9.17, 15) is 18.0 Å². The number of hydrogen-bond acceptors (Lipinski definition) is 5. The molecular formula is C15H17F3N4O2. The van der Waals surface area contributed by atoms with Crippen LogP contribution in [0, 0.1) is 0 Å². The molecule has 0 bridgehead atoms. The number of rotatable bonds is 6. The van der Waals surface area contributed by atoms with Gasteiger partial charge in [-0.3, -0.25) is 4.79 Å². The van der Waals surface area contributed by atoms with E-state index in [0.717, 1.165) is 12.1 Å². The van der Waals surface area contributed by atoms with Gasteiger partial charge in [-0.15, -0.1) is 0 Å². The van der Waals surface area contributed by atoms with E-state index in [0.29, 0.717) is 17.9 Å². The van der Waals surface area contributed by atoms with E-state index in [2.05, 4.69) is 15.5 Å². The molecule has 0 fully saturated rings. The predicted octanol–water partition coefficient (Wildman–Crippen LogP) is 2.40.